The van der Waals surface area contributed by atoms with E-state index in [4.69, 9.17) is 9.47 Å². The molecule has 3 atom stereocenters. The van der Waals surface area contributed by atoms with Gasteiger partial charge in [-0.15, -0.1) is 0 Å². The summed E-state index contributed by atoms with van der Waals surface area (Å²) in [5.41, 5.74) is -0.718. The zero-order valence-electron chi connectivity index (χ0n) is 18.2. The Bertz CT molecular complexity index is 586. The molecule has 0 aliphatic carbocycles. The van der Waals surface area contributed by atoms with Crippen LogP contribution >= 0.6 is 0 Å². The van der Waals surface area contributed by atoms with Gasteiger partial charge >= 0.3 is 5.97 Å². The molecule has 0 amide bonds. The van der Waals surface area contributed by atoms with Gasteiger partial charge in [-0.25, -0.2) is 8.42 Å². The van der Waals surface area contributed by atoms with Gasteiger partial charge in [0.2, 0.25) is 10.0 Å². The van der Waals surface area contributed by atoms with Gasteiger partial charge in [0.1, 0.15) is 18.8 Å². The minimum atomic E-state index is -3.44. The van der Waals surface area contributed by atoms with Gasteiger partial charge in [-0.05, 0) is 52.5 Å². The average Bonchev–Trinajstić information content (AvgIpc) is 3.00. The first-order valence-electron chi connectivity index (χ1n) is 9.65. The van der Waals surface area contributed by atoms with E-state index in [1.165, 1.54) is 10.6 Å². The lowest BCUT2D eigenvalue weighted by molar-refractivity contribution is -0.154. The van der Waals surface area contributed by atoms with Gasteiger partial charge in [0.05, 0.1) is 12.4 Å². The van der Waals surface area contributed by atoms with Crippen LogP contribution in [-0.4, -0.2) is 68.4 Å². The monoisotopic (exact) mass is 406 g/mol. The fraction of sp³-hybridized carbons (Fsp3) is 0.947. The molecule has 7 nitrogen and oxygen atoms in total. The molecule has 0 saturated carbocycles. The normalized spacial score (nSPS) is 21.3. The fourth-order valence-corrected chi connectivity index (χ4v) is 4.31. The number of carbonyl (C=O) groups is 1. The second-order valence-corrected chi connectivity index (χ2v) is 11.4. The zero-order chi connectivity index (χ0) is 21.0. The molecule has 0 aromatic carbocycles. The largest absolute Gasteiger partial charge is 0.462 e. The van der Waals surface area contributed by atoms with Crippen LogP contribution in [-0.2, 0) is 24.3 Å². The molecule has 1 aliphatic rings. The number of hydrogen-bond donors (Lipinski definition) is 1. The second-order valence-electron chi connectivity index (χ2n) is 9.51. The van der Waals surface area contributed by atoms with Gasteiger partial charge in [0.15, 0.2) is 0 Å². The summed E-state index contributed by atoms with van der Waals surface area (Å²) in [6.07, 6.45) is 2.23. The number of hydrogen-bond acceptors (Lipinski definition) is 6. The third kappa shape index (κ3) is 8.05. The van der Waals surface area contributed by atoms with E-state index < -0.39 is 21.7 Å². The third-order valence-electron chi connectivity index (χ3n) is 4.89. The molecule has 1 rings (SSSR count). The van der Waals surface area contributed by atoms with E-state index in [2.05, 4.69) is 26.1 Å². The van der Waals surface area contributed by atoms with Crippen LogP contribution in [0.3, 0.4) is 0 Å². The predicted molar refractivity (Wildman–Crippen MR) is 107 cm³/mol. The molecule has 0 bridgehead atoms. The Labute approximate surface area is 165 Å². The van der Waals surface area contributed by atoms with Crippen LogP contribution in [0.2, 0.25) is 0 Å². The van der Waals surface area contributed by atoms with Crippen molar-refractivity contribution in [3.8, 4) is 0 Å². The predicted octanol–water partition coefficient (Wildman–Crippen LogP) is 2.16. The lowest BCUT2D eigenvalue weighted by Gasteiger charge is -2.38. The molecule has 0 spiro atoms. The first kappa shape index (κ1) is 24.3. The van der Waals surface area contributed by atoms with Gasteiger partial charge in [-0.1, -0.05) is 20.8 Å². The Morgan fingerprint density at radius 3 is 2.22 bits per heavy atom. The molecule has 1 saturated heterocycles. The van der Waals surface area contributed by atoms with Crippen LogP contribution in [0.1, 0.15) is 61.3 Å². The van der Waals surface area contributed by atoms with Gasteiger partial charge in [0, 0.05) is 12.1 Å². The maximum atomic E-state index is 12.3. The van der Waals surface area contributed by atoms with Crippen LogP contribution < -0.4 is 5.32 Å². The molecule has 0 aromatic heterocycles. The Morgan fingerprint density at radius 1 is 1.22 bits per heavy atom. The van der Waals surface area contributed by atoms with Crippen LogP contribution in [0.5, 0.6) is 0 Å². The summed E-state index contributed by atoms with van der Waals surface area (Å²) < 4.78 is 37.6. The molecule has 0 unspecified atom stereocenters. The fourth-order valence-electron chi connectivity index (χ4n) is 2.88. The third-order valence-corrected chi connectivity index (χ3v) is 6.39. The van der Waals surface area contributed by atoms with Crippen molar-refractivity contribution >= 4 is 16.0 Å². The summed E-state index contributed by atoms with van der Waals surface area (Å²) >= 11 is 0. The lowest BCUT2D eigenvalue weighted by Crippen LogP contribution is -2.51. The molecule has 0 radical (unpaired) electrons. The molecule has 8 heteroatoms. The van der Waals surface area contributed by atoms with Crippen molar-refractivity contribution in [1.82, 2.24) is 9.62 Å². The lowest BCUT2D eigenvalue weighted by atomic mass is 9.90. The number of ether oxygens (including phenoxy) is 2. The summed E-state index contributed by atoms with van der Waals surface area (Å²) in [7, 11) is -3.44. The zero-order valence-corrected chi connectivity index (χ0v) is 19.0. The number of carbonyl (C=O) groups excluding carboxylic acids is 1. The highest BCUT2D eigenvalue weighted by Gasteiger charge is 2.35. The molecular formula is C19H38N2O5S. The van der Waals surface area contributed by atoms with E-state index in [1.807, 2.05) is 27.7 Å². The number of nitrogens with zero attached hydrogens (tertiary/aromatic N) is 1. The Hall–Kier alpha value is -0.700. The number of rotatable bonds is 8. The highest BCUT2D eigenvalue weighted by molar-refractivity contribution is 7.88. The average molecular weight is 407 g/mol. The minimum absolute atomic E-state index is 0.0273. The molecule has 1 fully saturated rings. The van der Waals surface area contributed by atoms with E-state index in [9.17, 15) is 13.2 Å². The highest BCUT2D eigenvalue weighted by Crippen LogP contribution is 2.25. The first-order chi connectivity index (χ1) is 12.1. The number of nitrogens with one attached hydrogen (secondary N) is 1. The van der Waals surface area contributed by atoms with Gasteiger partial charge < -0.3 is 14.8 Å². The summed E-state index contributed by atoms with van der Waals surface area (Å²) in [6.45, 7) is 14.6. The van der Waals surface area contributed by atoms with Crippen molar-refractivity contribution in [1.29, 1.82) is 0 Å². The van der Waals surface area contributed by atoms with Crippen molar-refractivity contribution in [2.75, 3.05) is 26.0 Å². The highest BCUT2D eigenvalue weighted by atomic mass is 32.2. The van der Waals surface area contributed by atoms with Crippen molar-refractivity contribution < 1.29 is 22.7 Å². The summed E-state index contributed by atoms with van der Waals surface area (Å²) in [4.78, 5) is 12.2. The van der Waals surface area contributed by atoms with E-state index >= 15 is 0 Å². The molecule has 1 aliphatic heterocycles. The quantitative estimate of drug-likeness (QED) is 0.622. The maximum absolute atomic E-state index is 12.3. The van der Waals surface area contributed by atoms with Crippen molar-refractivity contribution in [3.63, 3.8) is 0 Å². The van der Waals surface area contributed by atoms with E-state index in [0.29, 0.717) is 0 Å². The Balaban J connectivity index is 2.90. The summed E-state index contributed by atoms with van der Waals surface area (Å²) in [5.74, 6) is -0.300. The number of sulfonamides is 1. The second kappa shape index (κ2) is 9.20. The SMILES string of the molecule is C[C@H](O[C@H](COC(=O)[C@@H]1CCCN1)CN(C(C)(C)C)S(C)(=O)=O)C(C)(C)C. The molecule has 27 heavy (non-hydrogen) atoms. The van der Waals surface area contributed by atoms with E-state index in [-0.39, 0.29) is 36.7 Å². The minimum Gasteiger partial charge on any atom is -0.462 e. The van der Waals surface area contributed by atoms with Crippen molar-refractivity contribution in [2.24, 2.45) is 5.41 Å². The van der Waals surface area contributed by atoms with Gasteiger partial charge in [-0.2, -0.15) is 4.31 Å². The van der Waals surface area contributed by atoms with Crippen molar-refractivity contribution in [3.05, 3.63) is 0 Å². The maximum Gasteiger partial charge on any atom is 0.323 e. The van der Waals surface area contributed by atoms with Crippen LogP contribution in [0.15, 0.2) is 0 Å². The summed E-state index contributed by atoms with van der Waals surface area (Å²) in [6, 6.07) is -0.278. The molecular weight excluding hydrogens is 368 g/mol. The Kier molecular flexibility index (Phi) is 8.29. The van der Waals surface area contributed by atoms with Crippen molar-refractivity contribution in [2.45, 2.75) is 85.1 Å². The Morgan fingerprint density at radius 2 is 1.81 bits per heavy atom. The van der Waals surface area contributed by atoms with E-state index in [0.717, 1.165) is 19.4 Å². The van der Waals surface area contributed by atoms with E-state index in [1.54, 1.807) is 0 Å². The number of esters is 1. The summed E-state index contributed by atoms with van der Waals surface area (Å²) in [5, 5.41) is 3.11. The van der Waals surface area contributed by atoms with Crippen LogP contribution in [0.4, 0.5) is 0 Å². The molecule has 1 N–H and O–H groups in total. The molecule has 160 valence electrons. The first-order valence-corrected chi connectivity index (χ1v) is 11.5. The smallest absolute Gasteiger partial charge is 0.323 e. The van der Waals surface area contributed by atoms with Gasteiger partial charge in [-0.3, -0.25) is 4.79 Å². The molecule has 0 aromatic rings. The standard InChI is InChI=1S/C19H38N2O5S/c1-14(18(2,3)4)26-15(12-21(19(5,6)7)27(8,23)24)13-25-17(22)16-10-9-11-20-16/h14-16,20H,9-13H2,1-8H3/t14-,15-,16-/m0/s1. The topological polar surface area (TPSA) is 84.9 Å². The molecule has 1 heterocycles. The van der Waals surface area contributed by atoms with Gasteiger partial charge in [0.25, 0.3) is 0 Å². The van der Waals surface area contributed by atoms with Crippen LogP contribution in [0, 0.1) is 5.41 Å². The van der Waals surface area contributed by atoms with Crippen LogP contribution in [0.25, 0.3) is 0 Å².